The van der Waals surface area contributed by atoms with E-state index in [0.29, 0.717) is 0 Å². The van der Waals surface area contributed by atoms with E-state index in [2.05, 4.69) is 38.1 Å². The standard InChI is InChI=1S/C12H18O/c1-3-8-13-9-7-12-6-4-5-11(2)10-12/h4-6,10H,3,7-9H2,1-2H3. The van der Waals surface area contributed by atoms with Crippen molar-refractivity contribution in [2.24, 2.45) is 0 Å². The molecule has 13 heavy (non-hydrogen) atoms. The van der Waals surface area contributed by atoms with Crippen LogP contribution in [0.1, 0.15) is 24.5 Å². The molecule has 0 aliphatic rings. The SMILES string of the molecule is CCCOCCc1cccc(C)c1. The summed E-state index contributed by atoms with van der Waals surface area (Å²) in [5, 5.41) is 0. The first-order chi connectivity index (χ1) is 6.33. The van der Waals surface area contributed by atoms with Crippen molar-refractivity contribution >= 4 is 0 Å². The van der Waals surface area contributed by atoms with E-state index in [1.807, 2.05) is 0 Å². The van der Waals surface area contributed by atoms with Crippen LogP contribution in [0.4, 0.5) is 0 Å². The van der Waals surface area contributed by atoms with Gasteiger partial charge in [-0.2, -0.15) is 0 Å². The topological polar surface area (TPSA) is 9.23 Å². The fraction of sp³-hybridized carbons (Fsp3) is 0.500. The quantitative estimate of drug-likeness (QED) is 0.630. The molecule has 0 atom stereocenters. The summed E-state index contributed by atoms with van der Waals surface area (Å²) in [5.41, 5.74) is 2.70. The Balaban J connectivity index is 2.28. The van der Waals surface area contributed by atoms with Crippen molar-refractivity contribution in [3.05, 3.63) is 35.4 Å². The van der Waals surface area contributed by atoms with Gasteiger partial charge in [-0.25, -0.2) is 0 Å². The Morgan fingerprint density at radius 1 is 1.23 bits per heavy atom. The molecule has 1 nitrogen and oxygen atoms in total. The van der Waals surface area contributed by atoms with E-state index in [1.54, 1.807) is 0 Å². The Kier molecular flexibility index (Phi) is 4.55. The lowest BCUT2D eigenvalue weighted by Crippen LogP contribution is -1.99. The smallest absolute Gasteiger partial charge is 0.0506 e. The van der Waals surface area contributed by atoms with Gasteiger partial charge in [0.15, 0.2) is 0 Å². The Bertz CT molecular complexity index is 243. The Morgan fingerprint density at radius 3 is 2.77 bits per heavy atom. The van der Waals surface area contributed by atoms with Gasteiger partial charge in [-0.3, -0.25) is 0 Å². The van der Waals surface area contributed by atoms with Gasteiger partial charge in [0.1, 0.15) is 0 Å². The molecule has 0 bridgehead atoms. The minimum atomic E-state index is 0.845. The van der Waals surface area contributed by atoms with Gasteiger partial charge >= 0.3 is 0 Å². The molecule has 0 heterocycles. The average molecular weight is 178 g/mol. The Morgan fingerprint density at radius 2 is 2.08 bits per heavy atom. The second-order valence-electron chi connectivity index (χ2n) is 3.35. The van der Waals surface area contributed by atoms with Crippen LogP contribution in [-0.4, -0.2) is 13.2 Å². The van der Waals surface area contributed by atoms with Gasteiger partial charge < -0.3 is 4.74 Å². The zero-order chi connectivity index (χ0) is 9.52. The first-order valence-corrected chi connectivity index (χ1v) is 4.96. The van der Waals surface area contributed by atoms with Crippen molar-refractivity contribution in [2.45, 2.75) is 26.7 Å². The molecule has 0 fully saturated rings. The number of hydrogen-bond acceptors (Lipinski definition) is 1. The predicted molar refractivity (Wildman–Crippen MR) is 56.0 cm³/mol. The second-order valence-corrected chi connectivity index (χ2v) is 3.35. The maximum atomic E-state index is 5.43. The van der Waals surface area contributed by atoms with Crippen molar-refractivity contribution < 1.29 is 4.74 Å². The van der Waals surface area contributed by atoms with E-state index < -0.39 is 0 Å². The van der Waals surface area contributed by atoms with Gasteiger partial charge in [0, 0.05) is 6.61 Å². The highest BCUT2D eigenvalue weighted by molar-refractivity contribution is 5.22. The predicted octanol–water partition coefficient (Wildman–Crippen LogP) is 2.96. The zero-order valence-electron chi connectivity index (χ0n) is 8.55. The van der Waals surface area contributed by atoms with Crippen molar-refractivity contribution in [1.29, 1.82) is 0 Å². The summed E-state index contributed by atoms with van der Waals surface area (Å²) < 4.78 is 5.43. The van der Waals surface area contributed by atoms with E-state index in [1.165, 1.54) is 11.1 Å². The molecule has 0 spiro atoms. The van der Waals surface area contributed by atoms with Crippen LogP contribution in [0.25, 0.3) is 0 Å². The number of aryl methyl sites for hydroxylation is 1. The molecule has 72 valence electrons. The lowest BCUT2D eigenvalue weighted by atomic mass is 10.1. The molecule has 1 aromatic carbocycles. The van der Waals surface area contributed by atoms with Crippen molar-refractivity contribution in [3.63, 3.8) is 0 Å². The van der Waals surface area contributed by atoms with E-state index in [-0.39, 0.29) is 0 Å². The highest BCUT2D eigenvalue weighted by Crippen LogP contribution is 2.04. The fourth-order valence-electron chi connectivity index (χ4n) is 1.30. The highest BCUT2D eigenvalue weighted by Gasteiger charge is 1.92. The first kappa shape index (κ1) is 10.3. The van der Waals surface area contributed by atoms with Crippen LogP contribution in [0.2, 0.25) is 0 Å². The van der Waals surface area contributed by atoms with Gasteiger partial charge in [0.05, 0.1) is 6.61 Å². The summed E-state index contributed by atoms with van der Waals surface area (Å²) in [6, 6.07) is 8.60. The fourth-order valence-corrected chi connectivity index (χ4v) is 1.30. The van der Waals surface area contributed by atoms with Gasteiger partial charge in [-0.05, 0) is 25.3 Å². The van der Waals surface area contributed by atoms with Crippen LogP contribution in [0.5, 0.6) is 0 Å². The van der Waals surface area contributed by atoms with Gasteiger partial charge in [-0.15, -0.1) is 0 Å². The van der Waals surface area contributed by atoms with Crippen molar-refractivity contribution in [1.82, 2.24) is 0 Å². The third-order valence-corrected chi connectivity index (χ3v) is 1.97. The van der Waals surface area contributed by atoms with E-state index in [4.69, 9.17) is 4.74 Å². The van der Waals surface area contributed by atoms with Crippen LogP contribution in [-0.2, 0) is 11.2 Å². The minimum Gasteiger partial charge on any atom is -0.381 e. The first-order valence-electron chi connectivity index (χ1n) is 4.96. The molecule has 0 saturated heterocycles. The van der Waals surface area contributed by atoms with E-state index in [9.17, 15) is 0 Å². The minimum absolute atomic E-state index is 0.845. The summed E-state index contributed by atoms with van der Waals surface area (Å²) in [5.74, 6) is 0. The molecular weight excluding hydrogens is 160 g/mol. The molecule has 1 heteroatoms. The van der Waals surface area contributed by atoms with Crippen LogP contribution < -0.4 is 0 Å². The third-order valence-electron chi connectivity index (χ3n) is 1.97. The molecule has 1 rings (SSSR count). The van der Waals surface area contributed by atoms with Crippen LogP contribution >= 0.6 is 0 Å². The maximum absolute atomic E-state index is 5.43. The van der Waals surface area contributed by atoms with Crippen LogP contribution in [0, 0.1) is 6.92 Å². The number of hydrogen-bond donors (Lipinski definition) is 0. The van der Waals surface area contributed by atoms with E-state index in [0.717, 1.165) is 26.1 Å². The molecule has 0 aliphatic heterocycles. The Labute approximate surface area is 80.7 Å². The maximum Gasteiger partial charge on any atom is 0.0506 e. The van der Waals surface area contributed by atoms with Crippen LogP contribution in [0.15, 0.2) is 24.3 Å². The molecule has 1 aromatic rings. The van der Waals surface area contributed by atoms with Crippen LogP contribution in [0.3, 0.4) is 0 Å². The summed E-state index contributed by atoms with van der Waals surface area (Å²) >= 11 is 0. The second kappa shape index (κ2) is 5.76. The molecule has 0 amide bonds. The van der Waals surface area contributed by atoms with Crippen molar-refractivity contribution in [3.8, 4) is 0 Å². The normalized spacial score (nSPS) is 10.3. The average Bonchev–Trinajstić information content (AvgIpc) is 2.13. The van der Waals surface area contributed by atoms with Gasteiger partial charge in [-0.1, -0.05) is 36.8 Å². The number of rotatable bonds is 5. The summed E-state index contributed by atoms with van der Waals surface area (Å²) in [6.07, 6.45) is 2.13. The molecule has 0 aromatic heterocycles. The third kappa shape index (κ3) is 4.09. The van der Waals surface area contributed by atoms with Crippen molar-refractivity contribution in [2.75, 3.05) is 13.2 Å². The summed E-state index contributed by atoms with van der Waals surface area (Å²) in [6.45, 7) is 5.98. The summed E-state index contributed by atoms with van der Waals surface area (Å²) in [7, 11) is 0. The molecule has 0 saturated carbocycles. The lowest BCUT2D eigenvalue weighted by Gasteiger charge is -2.03. The zero-order valence-corrected chi connectivity index (χ0v) is 8.55. The Hall–Kier alpha value is -0.820. The molecular formula is C12H18O. The number of benzene rings is 1. The van der Waals surface area contributed by atoms with Gasteiger partial charge in [0.25, 0.3) is 0 Å². The molecule has 0 N–H and O–H groups in total. The molecule has 0 unspecified atom stereocenters. The lowest BCUT2D eigenvalue weighted by molar-refractivity contribution is 0.138. The molecule has 0 radical (unpaired) electrons. The monoisotopic (exact) mass is 178 g/mol. The van der Waals surface area contributed by atoms with E-state index >= 15 is 0 Å². The number of ether oxygens (including phenoxy) is 1. The largest absolute Gasteiger partial charge is 0.381 e. The highest BCUT2D eigenvalue weighted by atomic mass is 16.5. The molecule has 0 aliphatic carbocycles. The van der Waals surface area contributed by atoms with Gasteiger partial charge in [0.2, 0.25) is 0 Å². The summed E-state index contributed by atoms with van der Waals surface area (Å²) in [4.78, 5) is 0.